The lowest BCUT2D eigenvalue weighted by Gasteiger charge is -2.39. The van der Waals surface area contributed by atoms with Crippen LogP contribution in [-0.2, 0) is 11.8 Å². The van der Waals surface area contributed by atoms with Crippen LogP contribution >= 0.6 is 11.6 Å². The number of benzene rings is 2. The lowest BCUT2D eigenvalue weighted by atomic mass is 10.2. The number of ether oxygens (including phenoxy) is 1. The van der Waals surface area contributed by atoms with Gasteiger partial charge in [0.25, 0.3) is 0 Å². The third-order valence-corrected chi connectivity index (χ3v) is 7.08. The number of nitrogens with one attached hydrogen (secondary N) is 1. The van der Waals surface area contributed by atoms with E-state index >= 15 is 4.39 Å². The molecule has 5 aromatic rings. The highest BCUT2D eigenvalue weighted by molar-refractivity contribution is 6.32. The van der Waals surface area contributed by atoms with Gasteiger partial charge >= 0.3 is 0 Å². The minimum atomic E-state index is -0.672. The van der Waals surface area contributed by atoms with Crippen LogP contribution in [0, 0.1) is 5.82 Å². The van der Waals surface area contributed by atoms with Gasteiger partial charge in [-0.05, 0) is 31.2 Å². The van der Waals surface area contributed by atoms with Gasteiger partial charge in [0.05, 0.1) is 16.7 Å². The monoisotopic (exact) mass is 574 g/mol. The molecule has 6 rings (SSSR count). The summed E-state index contributed by atoms with van der Waals surface area (Å²) in [5.41, 5.74) is 2.72. The van der Waals surface area contributed by atoms with E-state index in [0.717, 1.165) is 5.52 Å². The van der Waals surface area contributed by atoms with Gasteiger partial charge in [-0.2, -0.15) is 0 Å². The molecule has 0 saturated carbocycles. The molecule has 1 N–H and O–H groups in total. The first kappa shape index (κ1) is 26.3. The largest absolute Gasteiger partial charge is 0.453 e. The molecule has 0 bridgehead atoms. The van der Waals surface area contributed by atoms with E-state index in [-0.39, 0.29) is 22.7 Å². The standard InChI is InChI=1S/C27H24ClFN10O2/c1-4-23(40)39-8-7-38(13-15(39)2)27-30-12-21-24(34-27)26(32-14-31-21)33-16-9-18(28)25(19(29)10-16)41-17-5-6-22-20(11-17)35-36-37(22)3/h4-6,9-12,14-15H,1,7-8,13H2,2-3H3,(H,31,32,33)/t15-/m1/s1. The molecule has 1 aliphatic heterocycles. The number of fused-ring (bicyclic) bond motifs is 2. The number of piperazine rings is 1. The van der Waals surface area contributed by atoms with Crippen molar-refractivity contribution in [2.45, 2.75) is 13.0 Å². The number of carbonyl (C=O) groups is 1. The van der Waals surface area contributed by atoms with Gasteiger partial charge in [0, 0.05) is 50.5 Å². The molecule has 3 aromatic heterocycles. The fraction of sp³-hybridized carbons (Fsp3) is 0.222. The van der Waals surface area contributed by atoms with Gasteiger partial charge in [0.1, 0.15) is 28.6 Å². The first-order valence-electron chi connectivity index (χ1n) is 12.7. The second-order valence-electron chi connectivity index (χ2n) is 9.52. The predicted molar refractivity (Wildman–Crippen MR) is 152 cm³/mol. The number of aryl methyl sites for hydroxylation is 1. The summed E-state index contributed by atoms with van der Waals surface area (Å²) in [6, 6.07) is 7.88. The third kappa shape index (κ3) is 5.07. The molecule has 0 aliphatic carbocycles. The maximum Gasteiger partial charge on any atom is 0.246 e. The Hall–Kier alpha value is -4.91. The molecule has 1 saturated heterocycles. The van der Waals surface area contributed by atoms with Crippen molar-refractivity contribution in [3.63, 3.8) is 0 Å². The maximum atomic E-state index is 15.2. The van der Waals surface area contributed by atoms with Crippen molar-refractivity contribution >= 4 is 57.0 Å². The zero-order valence-corrected chi connectivity index (χ0v) is 22.9. The Kier molecular flexibility index (Phi) is 6.79. The van der Waals surface area contributed by atoms with Gasteiger partial charge < -0.3 is 19.9 Å². The minimum Gasteiger partial charge on any atom is -0.453 e. The number of amides is 1. The summed E-state index contributed by atoms with van der Waals surface area (Å²) in [5, 5.41) is 11.2. The highest BCUT2D eigenvalue weighted by Gasteiger charge is 2.27. The molecule has 4 heterocycles. The summed E-state index contributed by atoms with van der Waals surface area (Å²) in [5.74, 6) is 0.292. The van der Waals surface area contributed by atoms with Crippen molar-refractivity contribution in [2.24, 2.45) is 7.05 Å². The summed E-state index contributed by atoms with van der Waals surface area (Å²) in [4.78, 5) is 33.6. The zero-order valence-electron chi connectivity index (χ0n) is 22.1. The second kappa shape index (κ2) is 10.6. The topological polar surface area (TPSA) is 127 Å². The van der Waals surface area contributed by atoms with Crippen LogP contribution in [0.2, 0.25) is 5.02 Å². The van der Waals surface area contributed by atoms with Crippen LogP contribution in [0.15, 0.2) is 55.5 Å². The molecule has 0 radical (unpaired) electrons. The van der Waals surface area contributed by atoms with E-state index in [1.807, 2.05) is 11.8 Å². The van der Waals surface area contributed by atoms with Crippen molar-refractivity contribution < 1.29 is 13.9 Å². The van der Waals surface area contributed by atoms with Gasteiger partial charge in [-0.15, -0.1) is 5.10 Å². The lowest BCUT2D eigenvalue weighted by Crippen LogP contribution is -2.54. The molecule has 1 amide bonds. The summed E-state index contributed by atoms with van der Waals surface area (Å²) < 4.78 is 22.6. The molecule has 12 nitrogen and oxygen atoms in total. The normalized spacial score (nSPS) is 15.4. The Morgan fingerprint density at radius 3 is 2.83 bits per heavy atom. The van der Waals surface area contributed by atoms with Crippen LogP contribution in [0.1, 0.15) is 6.92 Å². The Labute approximate surface area is 238 Å². The van der Waals surface area contributed by atoms with Crippen LogP contribution in [0.5, 0.6) is 11.5 Å². The van der Waals surface area contributed by atoms with E-state index < -0.39 is 5.82 Å². The molecule has 2 aromatic carbocycles. The van der Waals surface area contributed by atoms with Crippen molar-refractivity contribution in [1.29, 1.82) is 0 Å². The first-order chi connectivity index (χ1) is 19.8. The molecule has 0 spiro atoms. The quantitative estimate of drug-likeness (QED) is 0.294. The predicted octanol–water partition coefficient (Wildman–Crippen LogP) is 4.25. The number of hydrogen-bond donors (Lipinski definition) is 1. The highest BCUT2D eigenvalue weighted by Crippen LogP contribution is 2.36. The van der Waals surface area contributed by atoms with Crippen molar-refractivity contribution in [3.8, 4) is 11.5 Å². The molecule has 14 heteroatoms. The number of halogens is 2. The SMILES string of the molecule is C=CC(=O)N1CCN(c2ncc3ncnc(Nc4cc(F)c(Oc5ccc6c(c5)nnn6C)c(Cl)c4)c3n2)C[C@H]1C. The van der Waals surface area contributed by atoms with E-state index in [9.17, 15) is 4.79 Å². The van der Waals surface area contributed by atoms with Crippen LogP contribution in [-0.4, -0.2) is 71.4 Å². The Morgan fingerprint density at radius 2 is 2.05 bits per heavy atom. The fourth-order valence-corrected chi connectivity index (χ4v) is 4.99. The summed E-state index contributed by atoms with van der Waals surface area (Å²) in [7, 11) is 1.78. The summed E-state index contributed by atoms with van der Waals surface area (Å²) >= 11 is 6.44. The van der Waals surface area contributed by atoms with Crippen molar-refractivity contribution in [1.82, 2.24) is 39.8 Å². The molecule has 1 atom stereocenters. The lowest BCUT2D eigenvalue weighted by molar-refractivity contribution is -0.128. The van der Waals surface area contributed by atoms with Gasteiger partial charge in [0.2, 0.25) is 11.9 Å². The van der Waals surface area contributed by atoms with E-state index in [2.05, 4.69) is 37.2 Å². The number of rotatable bonds is 6. The highest BCUT2D eigenvalue weighted by atomic mass is 35.5. The average Bonchev–Trinajstić information content (AvgIpc) is 3.34. The van der Waals surface area contributed by atoms with E-state index in [1.54, 1.807) is 41.0 Å². The van der Waals surface area contributed by atoms with Gasteiger partial charge in [-0.1, -0.05) is 23.4 Å². The molecule has 1 fully saturated rings. The third-order valence-electron chi connectivity index (χ3n) is 6.80. The van der Waals surface area contributed by atoms with Gasteiger partial charge in [-0.25, -0.2) is 29.0 Å². The Balaban J connectivity index is 1.24. The minimum absolute atomic E-state index is 0.0495. The molecular formula is C27H24ClFN10O2. The van der Waals surface area contributed by atoms with E-state index in [0.29, 0.717) is 59.4 Å². The number of carbonyl (C=O) groups excluding carboxylic acids is 1. The number of anilines is 3. The maximum absolute atomic E-state index is 15.2. The smallest absolute Gasteiger partial charge is 0.246 e. The summed E-state index contributed by atoms with van der Waals surface area (Å²) in [6.45, 7) is 7.16. The van der Waals surface area contributed by atoms with Crippen LogP contribution < -0.4 is 15.0 Å². The fourth-order valence-electron chi connectivity index (χ4n) is 4.74. The summed E-state index contributed by atoms with van der Waals surface area (Å²) in [6.07, 6.45) is 4.29. The van der Waals surface area contributed by atoms with E-state index in [1.165, 1.54) is 24.5 Å². The molecule has 208 valence electrons. The zero-order chi connectivity index (χ0) is 28.7. The van der Waals surface area contributed by atoms with Gasteiger partial charge in [0.15, 0.2) is 17.4 Å². The molecular weight excluding hydrogens is 551 g/mol. The molecule has 0 unspecified atom stereocenters. The average molecular weight is 575 g/mol. The van der Waals surface area contributed by atoms with Gasteiger partial charge in [-0.3, -0.25) is 4.79 Å². The van der Waals surface area contributed by atoms with Crippen molar-refractivity contribution in [3.05, 3.63) is 66.4 Å². The van der Waals surface area contributed by atoms with Crippen molar-refractivity contribution in [2.75, 3.05) is 29.9 Å². The van der Waals surface area contributed by atoms with Crippen LogP contribution in [0.3, 0.4) is 0 Å². The first-order valence-corrected chi connectivity index (χ1v) is 13.1. The molecule has 1 aliphatic rings. The number of nitrogens with zero attached hydrogens (tertiary/aromatic N) is 9. The Morgan fingerprint density at radius 1 is 1.20 bits per heavy atom. The second-order valence-corrected chi connectivity index (χ2v) is 9.92. The molecule has 41 heavy (non-hydrogen) atoms. The van der Waals surface area contributed by atoms with Crippen LogP contribution in [0.25, 0.3) is 22.1 Å². The van der Waals surface area contributed by atoms with E-state index in [4.69, 9.17) is 21.3 Å². The Bertz CT molecular complexity index is 1790. The number of hydrogen-bond acceptors (Lipinski definition) is 10. The van der Waals surface area contributed by atoms with Crippen LogP contribution in [0.4, 0.5) is 21.8 Å². The number of aromatic nitrogens is 7.